The Morgan fingerprint density at radius 1 is 0.833 bits per heavy atom. The van der Waals surface area contributed by atoms with Crippen LogP contribution in [0.15, 0.2) is 48.5 Å². The molecule has 0 saturated heterocycles. The number of aryl methyl sites for hydroxylation is 2. The molecule has 1 heteroatoms. The van der Waals surface area contributed by atoms with Crippen molar-refractivity contribution >= 4 is 5.71 Å². The maximum absolute atomic E-state index is 8.27. The maximum Gasteiger partial charge on any atom is 0.0684 e. The third-order valence-electron chi connectivity index (χ3n) is 3.32. The van der Waals surface area contributed by atoms with Crippen molar-refractivity contribution in [1.82, 2.24) is 0 Å². The molecular formula is C17H19N. The van der Waals surface area contributed by atoms with Crippen molar-refractivity contribution in [3.63, 3.8) is 0 Å². The van der Waals surface area contributed by atoms with E-state index in [9.17, 15) is 0 Å². The van der Waals surface area contributed by atoms with Gasteiger partial charge in [-0.3, -0.25) is 5.41 Å². The largest absolute Gasteiger partial charge is 0.300 e. The Morgan fingerprint density at radius 3 is 2.11 bits per heavy atom. The lowest BCUT2D eigenvalue weighted by molar-refractivity contribution is 1.04. The van der Waals surface area contributed by atoms with Gasteiger partial charge in [0.15, 0.2) is 0 Å². The fourth-order valence-corrected chi connectivity index (χ4v) is 2.23. The zero-order chi connectivity index (χ0) is 13.0. The van der Waals surface area contributed by atoms with Gasteiger partial charge in [-0.05, 0) is 35.6 Å². The fraction of sp³-hybridized carbons (Fsp3) is 0.235. The molecule has 0 heterocycles. The summed E-state index contributed by atoms with van der Waals surface area (Å²) < 4.78 is 0. The molecule has 0 aliphatic heterocycles. The minimum atomic E-state index is 0.605. The molecule has 0 spiro atoms. The average Bonchev–Trinajstić information content (AvgIpc) is 2.46. The molecule has 2 aromatic carbocycles. The van der Waals surface area contributed by atoms with Crippen molar-refractivity contribution in [2.24, 2.45) is 0 Å². The van der Waals surface area contributed by atoms with E-state index in [1.54, 1.807) is 0 Å². The Morgan fingerprint density at radius 2 is 1.50 bits per heavy atom. The Bertz CT molecular complexity index is 541. The molecule has 0 fully saturated rings. The predicted octanol–water partition coefficient (Wildman–Crippen LogP) is 4.23. The molecule has 92 valence electrons. The van der Waals surface area contributed by atoms with Crippen molar-refractivity contribution < 1.29 is 0 Å². The van der Waals surface area contributed by atoms with Gasteiger partial charge in [0, 0.05) is 5.56 Å². The summed E-state index contributed by atoms with van der Waals surface area (Å²) in [7, 11) is 0. The van der Waals surface area contributed by atoms with Gasteiger partial charge in [-0.15, -0.1) is 0 Å². The van der Waals surface area contributed by atoms with Crippen molar-refractivity contribution in [2.75, 3.05) is 0 Å². The first kappa shape index (κ1) is 12.6. The number of nitrogens with one attached hydrogen (secondary N) is 1. The number of benzene rings is 2. The lowest BCUT2D eigenvalue weighted by Gasteiger charge is -2.10. The van der Waals surface area contributed by atoms with E-state index in [4.69, 9.17) is 5.41 Å². The second-order valence-electron chi connectivity index (χ2n) is 4.43. The third-order valence-corrected chi connectivity index (χ3v) is 3.32. The second kappa shape index (κ2) is 5.63. The molecule has 1 nitrogen and oxygen atoms in total. The van der Waals surface area contributed by atoms with Crippen LogP contribution < -0.4 is 0 Å². The van der Waals surface area contributed by atoms with E-state index in [1.165, 1.54) is 11.1 Å². The van der Waals surface area contributed by atoms with Gasteiger partial charge < -0.3 is 0 Å². The third kappa shape index (κ3) is 2.51. The highest BCUT2D eigenvalue weighted by Crippen LogP contribution is 2.16. The van der Waals surface area contributed by atoms with Gasteiger partial charge in [-0.25, -0.2) is 0 Å². The van der Waals surface area contributed by atoms with Crippen LogP contribution in [0.25, 0.3) is 0 Å². The molecule has 0 unspecified atom stereocenters. The van der Waals surface area contributed by atoms with Crippen LogP contribution in [0.2, 0.25) is 0 Å². The molecule has 0 bridgehead atoms. The Balaban J connectivity index is 2.37. The zero-order valence-electron chi connectivity index (χ0n) is 11.0. The van der Waals surface area contributed by atoms with Crippen molar-refractivity contribution in [2.45, 2.75) is 26.7 Å². The van der Waals surface area contributed by atoms with Gasteiger partial charge in [0.1, 0.15) is 0 Å². The second-order valence-corrected chi connectivity index (χ2v) is 4.43. The monoisotopic (exact) mass is 237 g/mol. The van der Waals surface area contributed by atoms with Gasteiger partial charge in [0.25, 0.3) is 0 Å². The minimum Gasteiger partial charge on any atom is -0.300 e. The van der Waals surface area contributed by atoms with Crippen molar-refractivity contribution in [3.05, 3.63) is 70.8 Å². The first-order chi connectivity index (χ1) is 8.76. The predicted molar refractivity (Wildman–Crippen MR) is 77.6 cm³/mol. The van der Waals surface area contributed by atoms with E-state index in [0.717, 1.165) is 24.0 Å². The highest BCUT2D eigenvalue weighted by Gasteiger charge is 2.07. The Kier molecular flexibility index (Phi) is 3.93. The van der Waals surface area contributed by atoms with Crippen LogP contribution in [0.3, 0.4) is 0 Å². The number of hydrogen-bond acceptors (Lipinski definition) is 1. The van der Waals surface area contributed by atoms with Crippen molar-refractivity contribution in [3.8, 4) is 0 Å². The smallest absolute Gasteiger partial charge is 0.0684 e. The van der Waals surface area contributed by atoms with Crippen molar-refractivity contribution in [1.29, 1.82) is 5.41 Å². The summed E-state index contributed by atoms with van der Waals surface area (Å²) in [6.45, 7) is 4.35. The van der Waals surface area contributed by atoms with E-state index in [-0.39, 0.29) is 0 Å². The number of rotatable bonds is 4. The standard InChI is InChI=1S/C17H19N/c1-3-13-10-11-16(12-14(13)4-2)17(18)15-8-6-5-7-9-15/h5-12,18H,3-4H2,1-2H3. The van der Waals surface area contributed by atoms with Gasteiger partial charge in [0.2, 0.25) is 0 Å². The van der Waals surface area contributed by atoms with Gasteiger partial charge in [0.05, 0.1) is 5.71 Å². The molecule has 18 heavy (non-hydrogen) atoms. The fourth-order valence-electron chi connectivity index (χ4n) is 2.23. The summed E-state index contributed by atoms with van der Waals surface area (Å²) in [6, 6.07) is 16.3. The summed E-state index contributed by atoms with van der Waals surface area (Å²) in [5, 5.41) is 8.27. The molecule has 0 aromatic heterocycles. The van der Waals surface area contributed by atoms with E-state index >= 15 is 0 Å². The highest BCUT2D eigenvalue weighted by atomic mass is 14.4. The van der Waals surface area contributed by atoms with Gasteiger partial charge >= 0.3 is 0 Å². The van der Waals surface area contributed by atoms with Crippen LogP contribution in [0.5, 0.6) is 0 Å². The van der Waals surface area contributed by atoms with Crippen LogP contribution in [0.4, 0.5) is 0 Å². The Hall–Kier alpha value is -1.89. The molecule has 0 radical (unpaired) electrons. The SMILES string of the molecule is CCc1ccc(C(=N)c2ccccc2)cc1CC. The number of hydrogen-bond donors (Lipinski definition) is 1. The molecule has 0 atom stereocenters. The van der Waals surface area contributed by atoms with E-state index in [0.29, 0.717) is 5.71 Å². The zero-order valence-corrected chi connectivity index (χ0v) is 11.0. The maximum atomic E-state index is 8.27. The summed E-state index contributed by atoms with van der Waals surface area (Å²) in [5.74, 6) is 0. The average molecular weight is 237 g/mol. The van der Waals surface area contributed by atoms with E-state index in [2.05, 4.69) is 32.0 Å². The summed E-state index contributed by atoms with van der Waals surface area (Å²) in [5.41, 5.74) is 5.34. The molecule has 0 aliphatic rings. The molecule has 1 N–H and O–H groups in total. The topological polar surface area (TPSA) is 23.9 Å². The van der Waals surface area contributed by atoms with E-state index in [1.807, 2.05) is 30.3 Å². The van der Waals surface area contributed by atoms with Crippen LogP contribution in [0.1, 0.15) is 36.1 Å². The lowest BCUT2D eigenvalue weighted by Crippen LogP contribution is -2.03. The summed E-state index contributed by atoms with van der Waals surface area (Å²) in [6.07, 6.45) is 2.08. The highest BCUT2D eigenvalue weighted by molar-refractivity contribution is 6.10. The quantitative estimate of drug-likeness (QED) is 0.770. The normalized spacial score (nSPS) is 10.3. The summed E-state index contributed by atoms with van der Waals surface area (Å²) >= 11 is 0. The van der Waals surface area contributed by atoms with Crippen LogP contribution >= 0.6 is 0 Å². The Labute approximate surface area is 109 Å². The molecule has 0 amide bonds. The minimum absolute atomic E-state index is 0.605. The first-order valence-electron chi connectivity index (χ1n) is 6.52. The molecule has 0 saturated carbocycles. The van der Waals surface area contributed by atoms with Crippen LogP contribution in [0, 0.1) is 5.41 Å². The van der Waals surface area contributed by atoms with Gasteiger partial charge in [-0.1, -0.05) is 56.3 Å². The lowest BCUT2D eigenvalue weighted by atomic mass is 9.95. The van der Waals surface area contributed by atoms with Crippen LogP contribution in [-0.2, 0) is 12.8 Å². The van der Waals surface area contributed by atoms with Gasteiger partial charge in [-0.2, -0.15) is 0 Å². The molecule has 2 rings (SSSR count). The summed E-state index contributed by atoms with van der Waals surface area (Å²) in [4.78, 5) is 0. The molecule has 2 aromatic rings. The first-order valence-corrected chi connectivity index (χ1v) is 6.52. The van der Waals surface area contributed by atoms with E-state index < -0.39 is 0 Å². The molecular weight excluding hydrogens is 218 g/mol. The van der Waals surface area contributed by atoms with Crippen LogP contribution in [-0.4, -0.2) is 5.71 Å². The molecule has 0 aliphatic carbocycles.